The van der Waals surface area contributed by atoms with Crippen LogP contribution in [0.25, 0.3) is 0 Å². The molecular weight excluding hydrogens is 220 g/mol. The molecule has 0 aliphatic carbocycles. The van der Waals surface area contributed by atoms with Gasteiger partial charge in [0.25, 0.3) is 5.92 Å². The van der Waals surface area contributed by atoms with Gasteiger partial charge in [-0.3, -0.25) is 0 Å². The van der Waals surface area contributed by atoms with Crippen LogP contribution in [-0.2, 0) is 13.0 Å². The third kappa shape index (κ3) is 4.19. The third-order valence-corrected chi connectivity index (χ3v) is 3.05. The second kappa shape index (κ2) is 5.48. The molecule has 1 aromatic rings. The maximum absolute atomic E-state index is 12.7. The number of aromatic nitrogens is 1. The fourth-order valence-electron chi connectivity index (χ4n) is 1.02. The molecule has 3 N–H and O–H groups in total. The van der Waals surface area contributed by atoms with Crippen LogP contribution in [0, 0.1) is 0 Å². The van der Waals surface area contributed by atoms with Crippen molar-refractivity contribution in [2.24, 2.45) is 5.73 Å². The summed E-state index contributed by atoms with van der Waals surface area (Å²) in [5.41, 5.74) is 4.91. The molecule has 1 heterocycles. The van der Waals surface area contributed by atoms with Crippen LogP contribution < -0.4 is 11.1 Å². The van der Waals surface area contributed by atoms with Crippen LogP contribution in [0.5, 0.6) is 0 Å². The van der Waals surface area contributed by atoms with Gasteiger partial charge in [-0.15, -0.1) is 11.3 Å². The number of aryl methyl sites for hydroxylation is 1. The minimum atomic E-state index is -2.83. The smallest absolute Gasteiger partial charge is 0.272 e. The molecule has 0 aromatic carbocycles. The first-order chi connectivity index (χ1) is 7.07. The third-order valence-electron chi connectivity index (χ3n) is 1.91. The predicted molar refractivity (Wildman–Crippen MR) is 57.2 cm³/mol. The van der Waals surface area contributed by atoms with Crippen molar-refractivity contribution in [2.75, 3.05) is 13.1 Å². The molecule has 1 rings (SSSR count). The van der Waals surface area contributed by atoms with Crippen LogP contribution in [0.15, 0.2) is 6.20 Å². The minimum absolute atomic E-state index is 0.375. The van der Waals surface area contributed by atoms with Crippen LogP contribution >= 0.6 is 11.3 Å². The number of halogens is 2. The predicted octanol–water partition coefficient (Wildman–Crippen LogP) is 1.39. The lowest BCUT2D eigenvalue weighted by Crippen LogP contribution is -2.38. The van der Waals surface area contributed by atoms with Crippen molar-refractivity contribution >= 4 is 11.3 Å². The first-order valence-corrected chi connectivity index (χ1v) is 5.61. The van der Waals surface area contributed by atoms with E-state index in [0.717, 1.165) is 16.3 Å². The molecule has 0 amide bonds. The summed E-state index contributed by atoms with van der Waals surface area (Å²) in [5, 5.41) is 3.48. The number of hydrogen-bond donors (Lipinski definition) is 2. The van der Waals surface area contributed by atoms with E-state index in [-0.39, 0.29) is 0 Å². The number of nitrogens with one attached hydrogen (secondary N) is 1. The quantitative estimate of drug-likeness (QED) is 0.783. The van der Waals surface area contributed by atoms with Gasteiger partial charge in [0.05, 0.1) is 13.1 Å². The van der Waals surface area contributed by atoms with E-state index in [0.29, 0.717) is 6.54 Å². The highest BCUT2D eigenvalue weighted by molar-refractivity contribution is 7.11. The van der Waals surface area contributed by atoms with E-state index >= 15 is 0 Å². The van der Waals surface area contributed by atoms with E-state index in [1.807, 2.05) is 6.92 Å². The fourth-order valence-corrected chi connectivity index (χ4v) is 1.85. The maximum Gasteiger partial charge on any atom is 0.272 e. The summed E-state index contributed by atoms with van der Waals surface area (Å²) in [4.78, 5) is 5.28. The summed E-state index contributed by atoms with van der Waals surface area (Å²) >= 11 is 1.54. The average molecular weight is 235 g/mol. The summed E-state index contributed by atoms with van der Waals surface area (Å²) in [7, 11) is 0. The lowest BCUT2D eigenvalue weighted by Gasteiger charge is -2.13. The van der Waals surface area contributed by atoms with E-state index in [9.17, 15) is 8.78 Å². The summed E-state index contributed by atoms with van der Waals surface area (Å²) < 4.78 is 25.4. The Morgan fingerprint density at radius 3 is 2.87 bits per heavy atom. The second-order valence-electron chi connectivity index (χ2n) is 3.24. The molecule has 0 saturated heterocycles. The summed E-state index contributed by atoms with van der Waals surface area (Å²) in [6, 6.07) is 0. The number of nitrogens with two attached hydrogens (primary N) is 1. The van der Waals surface area contributed by atoms with Gasteiger partial charge in [0.2, 0.25) is 0 Å². The molecule has 0 spiro atoms. The Morgan fingerprint density at radius 2 is 2.33 bits per heavy atom. The molecule has 3 nitrogen and oxygen atoms in total. The van der Waals surface area contributed by atoms with E-state index < -0.39 is 19.0 Å². The second-order valence-corrected chi connectivity index (χ2v) is 4.44. The zero-order chi connectivity index (χ0) is 11.3. The SMILES string of the molecule is CCc1cnc(CNCC(F)(F)CN)s1. The van der Waals surface area contributed by atoms with Crippen LogP contribution in [0.1, 0.15) is 16.8 Å². The molecule has 0 bridgehead atoms. The molecule has 0 unspecified atom stereocenters. The van der Waals surface area contributed by atoms with Gasteiger partial charge >= 0.3 is 0 Å². The van der Waals surface area contributed by atoms with E-state index in [1.54, 1.807) is 17.5 Å². The van der Waals surface area contributed by atoms with Gasteiger partial charge in [-0.1, -0.05) is 6.92 Å². The van der Waals surface area contributed by atoms with Gasteiger partial charge < -0.3 is 11.1 Å². The van der Waals surface area contributed by atoms with Crippen LogP contribution in [0.4, 0.5) is 8.78 Å². The Labute approximate surface area is 91.7 Å². The topological polar surface area (TPSA) is 50.9 Å². The van der Waals surface area contributed by atoms with Gasteiger partial charge in [-0.25, -0.2) is 13.8 Å². The maximum atomic E-state index is 12.7. The zero-order valence-electron chi connectivity index (χ0n) is 8.59. The molecule has 0 saturated carbocycles. The summed E-state index contributed by atoms with van der Waals surface area (Å²) in [5.74, 6) is -2.83. The summed E-state index contributed by atoms with van der Waals surface area (Å²) in [6.07, 6.45) is 2.71. The van der Waals surface area contributed by atoms with E-state index in [4.69, 9.17) is 5.73 Å². The van der Waals surface area contributed by atoms with Crippen molar-refractivity contribution < 1.29 is 8.78 Å². The average Bonchev–Trinajstić information content (AvgIpc) is 2.66. The first kappa shape index (κ1) is 12.5. The Hall–Kier alpha value is -0.590. The Balaban J connectivity index is 2.31. The first-order valence-electron chi connectivity index (χ1n) is 4.79. The van der Waals surface area contributed by atoms with Crippen molar-refractivity contribution in [1.82, 2.24) is 10.3 Å². The van der Waals surface area contributed by atoms with E-state index in [1.165, 1.54) is 0 Å². The number of thiazole rings is 1. The largest absolute Gasteiger partial charge is 0.325 e. The van der Waals surface area contributed by atoms with Crippen LogP contribution in [-0.4, -0.2) is 24.0 Å². The van der Waals surface area contributed by atoms with Crippen LogP contribution in [0.3, 0.4) is 0 Å². The standard InChI is InChI=1S/C9H15F2N3S/c1-2-7-3-14-8(15-7)4-13-6-9(10,11)5-12/h3,13H,2,4-6,12H2,1H3. The molecule has 0 aliphatic heterocycles. The molecular formula is C9H15F2N3S. The normalized spacial score (nSPS) is 12.0. The van der Waals surface area contributed by atoms with Gasteiger partial charge in [0.1, 0.15) is 5.01 Å². The minimum Gasteiger partial charge on any atom is -0.325 e. The Morgan fingerprint density at radius 1 is 1.60 bits per heavy atom. The monoisotopic (exact) mass is 235 g/mol. The van der Waals surface area contributed by atoms with Gasteiger partial charge in [0, 0.05) is 17.6 Å². The number of nitrogens with zero attached hydrogens (tertiary/aromatic N) is 1. The van der Waals surface area contributed by atoms with Gasteiger partial charge in [-0.2, -0.15) is 0 Å². The molecule has 0 aliphatic rings. The van der Waals surface area contributed by atoms with Crippen molar-refractivity contribution in [1.29, 1.82) is 0 Å². The highest BCUT2D eigenvalue weighted by atomic mass is 32.1. The van der Waals surface area contributed by atoms with Gasteiger partial charge in [-0.05, 0) is 6.42 Å². The fraction of sp³-hybridized carbons (Fsp3) is 0.667. The molecule has 0 fully saturated rings. The van der Waals surface area contributed by atoms with Crippen molar-refractivity contribution in [3.8, 4) is 0 Å². The Kier molecular flexibility index (Phi) is 4.56. The lowest BCUT2D eigenvalue weighted by atomic mass is 10.3. The number of rotatable bonds is 6. The molecule has 86 valence electrons. The number of alkyl halides is 2. The van der Waals surface area contributed by atoms with Crippen molar-refractivity contribution in [3.05, 3.63) is 16.1 Å². The van der Waals surface area contributed by atoms with E-state index in [2.05, 4.69) is 10.3 Å². The zero-order valence-corrected chi connectivity index (χ0v) is 9.41. The highest BCUT2D eigenvalue weighted by Crippen LogP contribution is 2.14. The number of hydrogen-bond acceptors (Lipinski definition) is 4. The lowest BCUT2D eigenvalue weighted by molar-refractivity contribution is 0.0115. The summed E-state index contributed by atoms with van der Waals surface area (Å²) in [6.45, 7) is 1.39. The van der Waals surface area contributed by atoms with Crippen LogP contribution in [0.2, 0.25) is 0 Å². The molecule has 0 radical (unpaired) electrons. The molecule has 0 atom stereocenters. The van der Waals surface area contributed by atoms with Crippen molar-refractivity contribution in [3.63, 3.8) is 0 Å². The highest BCUT2D eigenvalue weighted by Gasteiger charge is 2.25. The molecule has 1 aromatic heterocycles. The molecule has 6 heteroatoms. The Bertz CT molecular complexity index is 301. The van der Waals surface area contributed by atoms with Gasteiger partial charge in [0.15, 0.2) is 0 Å². The molecule has 15 heavy (non-hydrogen) atoms. The van der Waals surface area contributed by atoms with Crippen molar-refractivity contribution in [2.45, 2.75) is 25.8 Å².